The topological polar surface area (TPSA) is 49.4 Å². The van der Waals surface area contributed by atoms with Crippen LogP contribution in [0.2, 0.25) is 0 Å². The Morgan fingerprint density at radius 3 is 2.85 bits per heavy atom. The van der Waals surface area contributed by atoms with E-state index in [0.717, 1.165) is 12.8 Å². The van der Waals surface area contributed by atoms with Gasteiger partial charge in [0.2, 0.25) is 11.8 Å². The van der Waals surface area contributed by atoms with E-state index < -0.39 is 0 Å². The van der Waals surface area contributed by atoms with Gasteiger partial charge in [-0.1, -0.05) is 0 Å². The molecule has 1 aliphatic heterocycles. The molecule has 1 fully saturated rings. The van der Waals surface area contributed by atoms with Crippen LogP contribution in [0.3, 0.4) is 0 Å². The minimum absolute atomic E-state index is 0.0481. The Kier molecular flexibility index (Phi) is 3.54. The summed E-state index contributed by atoms with van der Waals surface area (Å²) >= 11 is 5.42. The molecule has 0 saturated carbocycles. The van der Waals surface area contributed by atoms with Crippen LogP contribution in [0.1, 0.15) is 12.8 Å². The molecule has 74 valence electrons. The summed E-state index contributed by atoms with van der Waals surface area (Å²) in [5.74, 6) is -0.309. The van der Waals surface area contributed by atoms with Crippen molar-refractivity contribution in [1.82, 2.24) is 10.2 Å². The van der Waals surface area contributed by atoms with Crippen LogP contribution in [-0.4, -0.2) is 42.2 Å². The molecule has 13 heavy (non-hydrogen) atoms. The van der Waals surface area contributed by atoms with E-state index in [1.54, 1.807) is 11.9 Å². The summed E-state index contributed by atoms with van der Waals surface area (Å²) in [4.78, 5) is 24.1. The van der Waals surface area contributed by atoms with Crippen LogP contribution in [0.4, 0.5) is 0 Å². The molecule has 0 aromatic rings. The molecule has 0 radical (unpaired) electrons. The van der Waals surface area contributed by atoms with Crippen molar-refractivity contribution in [2.24, 2.45) is 0 Å². The SMILES string of the molecule is CNC(=O)C1CCCN1C(=O)CCl. The predicted molar refractivity (Wildman–Crippen MR) is 49.5 cm³/mol. The zero-order chi connectivity index (χ0) is 9.84. The fraction of sp³-hybridized carbons (Fsp3) is 0.750. The Labute approximate surface area is 82.2 Å². The molecule has 2 amide bonds. The lowest BCUT2D eigenvalue weighted by Gasteiger charge is -2.22. The molecule has 0 aliphatic carbocycles. The zero-order valence-corrected chi connectivity index (χ0v) is 8.30. The zero-order valence-electron chi connectivity index (χ0n) is 7.55. The van der Waals surface area contributed by atoms with E-state index in [1.165, 1.54) is 0 Å². The van der Waals surface area contributed by atoms with E-state index in [-0.39, 0.29) is 23.7 Å². The van der Waals surface area contributed by atoms with E-state index >= 15 is 0 Å². The summed E-state index contributed by atoms with van der Waals surface area (Å²) in [5, 5.41) is 2.54. The van der Waals surface area contributed by atoms with Gasteiger partial charge in [-0.25, -0.2) is 0 Å². The number of likely N-dealkylation sites (N-methyl/N-ethyl adjacent to an activating group) is 1. The predicted octanol–water partition coefficient (Wildman–Crippen LogP) is -0.0378. The van der Waals surface area contributed by atoms with Gasteiger partial charge in [-0.05, 0) is 12.8 Å². The Morgan fingerprint density at radius 1 is 1.62 bits per heavy atom. The Morgan fingerprint density at radius 2 is 2.31 bits per heavy atom. The number of carbonyl (C=O) groups is 2. The van der Waals surface area contributed by atoms with Crippen molar-refractivity contribution >= 4 is 23.4 Å². The minimum atomic E-state index is -0.309. The van der Waals surface area contributed by atoms with Crippen molar-refractivity contribution in [3.63, 3.8) is 0 Å². The van der Waals surface area contributed by atoms with Crippen LogP contribution in [0.15, 0.2) is 0 Å². The van der Waals surface area contributed by atoms with Gasteiger partial charge >= 0.3 is 0 Å². The van der Waals surface area contributed by atoms with E-state index in [1.807, 2.05) is 0 Å². The standard InChI is InChI=1S/C8H13ClN2O2/c1-10-8(13)6-3-2-4-11(6)7(12)5-9/h6H,2-5H2,1H3,(H,10,13). The first kappa shape index (κ1) is 10.3. The van der Waals surface area contributed by atoms with Crippen molar-refractivity contribution in [1.29, 1.82) is 0 Å². The number of nitrogens with zero attached hydrogens (tertiary/aromatic N) is 1. The summed E-state index contributed by atoms with van der Waals surface area (Å²) in [6.45, 7) is 0.642. The number of hydrogen-bond donors (Lipinski definition) is 1. The highest BCUT2D eigenvalue weighted by Gasteiger charge is 2.32. The highest BCUT2D eigenvalue weighted by Crippen LogP contribution is 2.17. The summed E-state index contributed by atoms with van der Waals surface area (Å²) in [7, 11) is 1.57. The van der Waals surface area contributed by atoms with Crippen molar-refractivity contribution in [2.75, 3.05) is 19.5 Å². The summed E-state index contributed by atoms with van der Waals surface area (Å²) in [6.07, 6.45) is 1.61. The first-order valence-corrected chi connectivity index (χ1v) is 4.81. The van der Waals surface area contributed by atoms with Gasteiger partial charge in [0.15, 0.2) is 0 Å². The second-order valence-electron chi connectivity index (χ2n) is 2.99. The van der Waals surface area contributed by atoms with E-state index in [4.69, 9.17) is 11.6 Å². The van der Waals surface area contributed by atoms with Gasteiger partial charge in [-0.2, -0.15) is 0 Å². The average molecular weight is 205 g/mol. The molecule has 1 unspecified atom stereocenters. The lowest BCUT2D eigenvalue weighted by atomic mass is 10.2. The van der Waals surface area contributed by atoms with Gasteiger partial charge in [0.05, 0.1) is 0 Å². The fourth-order valence-corrected chi connectivity index (χ4v) is 1.73. The molecule has 1 saturated heterocycles. The van der Waals surface area contributed by atoms with Crippen molar-refractivity contribution in [2.45, 2.75) is 18.9 Å². The second kappa shape index (κ2) is 4.46. The number of hydrogen-bond acceptors (Lipinski definition) is 2. The van der Waals surface area contributed by atoms with Gasteiger partial charge in [-0.3, -0.25) is 9.59 Å². The molecule has 1 heterocycles. The molecule has 1 rings (SSSR count). The molecular formula is C8H13ClN2O2. The quantitative estimate of drug-likeness (QED) is 0.642. The van der Waals surface area contributed by atoms with Gasteiger partial charge < -0.3 is 10.2 Å². The third kappa shape index (κ3) is 2.12. The lowest BCUT2D eigenvalue weighted by molar-refractivity contribution is -0.136. The largest absolute Gasteiger partial charge is 0.357 e. The van der Waals surface area contributed by atoms with Crippen LogP contribution in [0.5, 0.6) is 0 Å². The highest BCUT2D eigenvalue weighted by atomic mass is 35.5. The van der Waals surface area contributed by atoms with Gasteiger partial charge in [0, 0.05) is 13.6 Å². The molecule has 0 aromatic carbocycles. The lowest BCUT2D eigenvalue weighted by Crippen LogP contribution is -2.45. The Balaban J connectivity index is 2.63. The first-order chi connectivity index (χ1) is 6.20. The molecule has 1 atom stereocenters. The van der Waals surface area contributed by atoms with E-state index in [0.29, 0.717) is 6.54 Å². The summed E-state index contributed by atoms with van der Waals surface area (Å²) in [5.41, 5.74) is 0. The number of carbonyl (C=O) groups excluding carboxylic acids is 2. The highest BCUT2D eigenvalue weighted by molar-refractivity contribution is 6.27. The number of alkyl halides is 1. The Bertz CT molecular complexity index is 198. The molecule has 0 spiro atoms. The summed E-state index contributed by atoms with van der Waals surface area (Å²) < 4.78 is 0. The molecule has 0 aromatic heterocycles. The van der Waals surface area contributed by atoms with Crippen LogP contribution in [0.25, 0.3) is 0 Å². The molecular weight excluding hydrogens is 192 g/mol. The van der Waals surface area contributed by atoms with Crippen molar-refractivity contribution in [3.8, 4) is 0 Å². The monoisotopic (exact) mass is 204 g/mol. The summed E-state index contributed by atoms with van der Waals surface area (Å²) in [6, 6.07) is -0.309. The molecule has 1 aliphatic rings. The molecule has 4 nitrogen and oxygen atoms in total. The van der Waals surface area contributed by atoms with E-state index in [2.05, 4.69) is 5.32 Å². The average Bonchev–Trinajstić information content (AvgIpc) is 2.63. The maximum atomic E-state index is 11.3. The Hall–Kier alpha value is -0.770. The van der Waals surface area contributed by atoms with Gasteiger partial charge in [0.1, 0.15) is 11.9 Å². The first-order valence-electron chi connectivity index (χ1n) is 4.27. The van der Waals surface area contributed by atoms with Crippen LogP contribution in [0, 0.1) is 0 Å². The maximum Gasteiger partial charge on any atom is 0.242 e. The number of rotatable bonds is 2. The van der Waals surface area contributed by atoms with Gasteiger partial charge in [0.25, 0.3) is 0 Å². The smallest absolute Gasteiger partial charge is 0.242 e. The van der Waals surface area contributed by atoms with Crippen molar-refractivity contribution in [3.05, 3.63) is 0 Å². The second-order valence-corrected chi connectivity index (χ2v) is 3.26. The van der Waals surface area contributed by atoms with Gasteiger partial charge in [-0.15, -0.1) is 11.6 Å². The number of amides is 2. The van der Waals surface area contributed by atoms with Crippen LogP contribution >= 0.6 is 11.6 Å². The number of nitrogens with one attached hydrogen (secondary N) is 1. The number of halogens is 1. The molecule has 1 N–H and O–H groups in total. The normalized spacial score (nSPS) is 21.7. The maximum absolute atomic E-state index is 11.3. The van der Waals surface area contributed by atoms with Crippen molar-refractivity contribution < 1.29 is 9.59 Å². The molecule has 5 heteroatoms. The fourth-order valence-electron chi connectivity index (χ4n) is 1.58. The number of likely N-dealkylation sites (tertiary alicyclic amines) is 1. The third-order valence-corrected chi connectivity index (χ3v) is 2.47. The van der Waals surface area contributed by atoms with E-state index in [9.17, 15) is 9.59 Å². The minimum Gasteiger partial charge on any atom is -0.357 e. The van der Waals surface area contributed by atoms with Crippen LogP contribution < -0.4 is 5.32 Å². The third-order valence-electron chi connectivity index (χ3n) is 2.24. The molecule has 0 bridgehead atoms. The van der Waals surface area contributed by atoms with Crippen LogP contribution in [-0.2, 0) is 9.59 Å².